The van der Waals surface area contributed by atoms with Crippen LogP contribution < -0.4 is 14.8 Å². The molecular formula is C31H38N2O5. The zero-order valence-corrected chi connectivity index (χ0v) is 22.5. The molecule has 2 amide bonds. The van der Waals surface area contributed by atoms with Crippen molar-refractivity contribution in [1.82, 2.24) is 10.2 Å². The lowest BCUT2D eigenvalue weighted by Gasteiger charge is -2.42. The Balaban J connectivity index is 1.28. The van der Waals surface area contributed by atoms with E-state index < -0.39 is 0 Å². The molecule has 7 nitrogen and oxygen atoms in total. The molecule has 7 heteroatoms. The fourth-order valence-electron chi connectivity index (χ4n) is 5.91. The zero-order chi connectivity index (χ0) is 26.5. The molecule has 5 rings (SSSR count). The topological polar surface area (TPSA) is 81.0 Å². The Hall–Kier alpha value is -3.48. The number of furan rings is 1. The van der Waals surface area contributed by atoms with Crippen molar-refractivity contribution in [1.29, 1.82) is 0 Å². The van der Waals surface area contributed by atoms with Gasteiger partial charge < -0.3 is 24.1 Å². The minimum Gasteiger partial charge on any atom is -0.497 e. The summed E-state index contributed by atoms with van der Waals surface area (Å²) in [6.45, 7) is 4.39. The van der Waals surface area contributed by atoms with Crippen LogP contribution >= 0.6 is 0 Å². The van der Waals surface area contributed by atoms with Crippen LogP contribution in [-0.4, -0.2) is 50.1 Å². The molecule has 0 bridgehead atoms. The van der Waals surface area contributed by atoms with Crippen molar-refractivity contribution >= 4 is 22.8 Å². The van der Waals surface area contributed by atoms with Gasteiger partial charge in [-0.3, -0.25) is 9.59 Å². The Morgan fingerprint density at radius 2 is 1.84 bits per heavy atom. The fourth-order valence-corrected chi connectivity index (χ4v) is 5.91. The standard InChI is InChI=1S/C31H38N2O5/c1-22-29(25-20-24(36-2)12-13-27(25)38-22)30(35)33-17-15-31(16-18-33)14-6-5-9-23-8-3-4-10-26(23)37-19-7-11-28(34)32-21-31/h3-4,8,10,12-13,20H,5-7,9,11,14-19,21H2,1-2H3,(H,32,34). The number of nitrogens with one attached hydrogen (secondary N) is 1. The average molecular weight is 519 g/mol. The van der Waals surface area contributed by atoms with Gasteiger partial charge >= 0.3 is 0 Å². The average Bonchev–Trinajstić information content (AvgIpc) is 3.27. The van der Waals surface area contributed by atoms with Crippen molar-refractivity contribution in [3.63, 3.8) is 0 Å². The number of aryl methyl sites for hydroxylation is 2. The van der Waals surface area contributed by atoms with Gasteiger partial charge in [-0.25, -0.2) is 0 Å². The summed E-state index contributed by atoms with van der Waals surface area (Å²) in [7, 11) is 1.62. The summed E-state index contributed by atoms with van der Waals surface area (Å²) in [5.41, 5.74) is 2.56. The molecule has 0 unspecified atom stereocenters. The molecule has 0 saturated carbocycles. The molecule has 3 aromatic rings. The highest BCUT2D eigenvalue weighted by molar-refractivity contribution is 6.07. The monoisotopic (exact) mass is 518 g/mol. The number of rotatable bonds is 2. The first kappa shape index (κ1) is 26.1. The maximum atomic E-state index is 13.7. The quantitative estimate of drug-likeness (QED) is 0.473. The van der Waals surface area contributed by atoms with Crippen molar-refractivity contribution in [2.45, 2.75) is 58.3 Å². The van der Waals surface area contributed by atoms with Crippen LogP contribution in [0.5, 0.6) is 11.5 Å². The molecule has 2 aliphatic heterocycles. The molecule has 1 fully saturated rings. The lowest BCUT2D eigenvalue weighted by Crippen LogP contribution is -2.48. The van der Waals surface area contributed by atoms with Crippen LogP contribution in [0.2, 0.25) is 0 Å². The number of para-hydroxylation sites is 1. The van der Waals surface area contributed by atoms with E-state index >= 15 is 0 Å². The smallest absolute Gasteiger partial charge is 0.258 e. The Morgan fingerprint density at radius 1 is 1.03 bits per heavy atom. The number of benzene rings is 2. The molecule has 1 aromatic heterocycles. The van der Waals surface area contributed by atoms with Crippen LogP contribution in [0, 0.1) is 12.3 Å². The summed E-state index contributed by atoms with van der Waals surface area (Å²) in [5, 5.41) is 4.00. The van der Waals surface area contributed by atoms with E-state index in [1.54, 1.807) is 7.11 Å². The van der Waals surface area contributed by atoms with E-state index in [0.29, 0.717) is 61.7 Å². The van der Waals surface area contributed by atoms with Crippen molar-refractivity contribution < 1.29 is 23.5 Å². The van der Waals surface area contributed by atoms with E-state index in [1.807, 2.05) is 42.2 Å². The van der Waals surface area contributed by atoms with Gasteiger partial charge in [0.1, 0.15) is 22.8 Å². The number of piperidine rings is 1. The molecule has 1 saturated heterocycles. The van der Waals surface area contributed by atoms with E-state index in [0.717, 1.165) is 49.7 Å². The van der Waals surface area contributed by atoms with E-state index in [9.17, 15) is 9.59 Å². The van der Waals surface area contributed by atoms with Crippen molar-refractivity contribution in [3.8, 4) is 11.5 Å². The number of fused-ring (bicyclic) bond motifs is 2. The molecule has 38 heavy (non-hydrogen) atoms. The molecule has 0 radical (unpaired) electrons. The Kier molecular flexibility index (Phi) is 7.91. The first-order valence-corrected chi connectivity index (χ1v) is 13.8. The number of ether oxygens (including phenoxy) is 2. The van der Waals surface area contributed by atoms with Crippen LogP contribution in [0.15, 0.2) is 46.9 Å². The number of methoxy groups -OCH3 is 1. The summed E-state index contributed by atoms with van der Waals surface area (Å²) >= 11 is 0. The summed E-state index contributed by atoms with van der Waals surface area (Å²) in [6, 6.07) is 13.8. The summed E-state index contributed by atoms with van der Waals surface area (Å²) < 4.78 is 17.2. The van der Waals surface area contributed by atoms with Gasteiger partial charge in [0.15, 0.2) is 0 Å². The molecule has 202 valence electrons. The third-order valence-electron chi connectivity index (χ3n) is 8.24. The van der Waals surface area contributed by atoms with Gasteiger partial charge in [0.25, 0.3) is 5.91 Å². The van der Waals surface area contributed by atoms with Crippen molar-refractivity contribution in [2.75, 3.05) is 33.4 Å². The minimum atomic E-state index is 0.00328. The Bertz CT molecular complexity index is 1290. The van der Waals surface area contributed by atoms with E-state index in [4.69, 9.17) is 13.9 Å². The number of hydrogen-bond acceptors (Lipinski definition) is 5. The highest BCUT2D eigenvalue weighted by Gasteiger charge is 2.37. The van der Waals surface area contributed by atoms with Crippen LogP contribution in [0.1, 0.15) is 66.6 Å². The SMILES string of the molecule is COc1ccc2oc(C)c(C(=O)N3CCC4(CCCCc5ccccc5OCCCC(=O)NC4)CC3)c2c1. The summed E-state index contributed by atoms with van der Waals surface area (Å²) in [6.07, 6.45) is 7.05. The van der Waals surface area contributed by atoms with Crippen LogP contribution in [0.25, 0.3) is 11.0 Å². The zero-order valence-electron chi connectivity index (χ0n) is 22.5. The second-order valence-electron chi connectivity index (χ2n) is 10.7. The van der Waals surface area contributed by atoms with Gasteiger partial charge in [-0.05, 0) is 80.7 Å². The van der Waals surface area contributed by atoms with Gasteiger partial charge in [-0.15, -0.1) is 0 Å². The Morgan fingerprint density at radius 3 is 2.66 bits per heavy atom. The predicted molar refractivity (Wildman–Crippen MR) is 147 cm³/mol. The molecule has 0 aliphatic carbocycles. The lowest BCUT2D eigenvalue weighted by atomic mass is 9.74. The second kappa shape index (κ2) is 11.5. The fraction of sp³-hybridized carbons (Fsp3) is 0.484. The van der Waals surface area contributed by atoms with E-state index in [1.165, 1.54) is 5.56 Å². The largest absolute Gasteiger partial charge is 0.497 e. The first-order chi connectivity index (χ1) is 18.5. The van der Waals surface area contributed by atoms with Crippen LogP contribution in [0.3, 0.4) is 0 Å². The maximum absolute atomic E-state index is 13.7. The van der Waals surface area contributed by atoms with E-state index in [-0.39, 0.29) is 17.2 Å². The third kappa shape index (κ3) is 5.66. The van der Waals surface area contributed by atoms with Gasteiger partial charge in [-0.2, -0.15) is 0 Å². The minimum absolute atomic E-state index is 0.00328. The number of carbonyl (C=O) groups is 2. The number of carbonyl (C=O) groups excluding carboxylic acids is 2. The number of nitrogens with zero attached hydrogens (tertiary/aromatic N) is 1. The highest BCUT2D eigenvalue weighted by Crippen LogP contribution is 2.38. The molecule has 3 heterocycles. The van der Waals surface area contributed by atoms with Crippen LogP contribution in [0.4, 0.5) is 0 Å². The van der Waals surface area contributed by atoms with Crippen LogP contribution in [-0.2, 0) is 11.2 Å². The lowest BCUT2D eigenvalue weighted by molar-refractivity contribution is -0.122. The van der Waals surface area contributed by atoms with Crippen molar-refractivity contribution in [3.05, 3.63) is 59.4 Å². The molecule has 2 aliphatic rings. The normalized spacial score (nSPS) is 18.8. The summed E-state index contributed by atoms with van der Waals surface area (Å²) in [4.78, 5) is 28.2. The number of likely N-dealkylation sites (tertiary alicyclic amines) is 1. The van der Waals surface area contributed by atoms with Crippen molar-refractivity contribution in [2.24, 2.45) is 5.41 Å². The summed E-state index contributed by atoms with van der Waals surface area (Å²) in [5.74, 6) is 2.35. The van der Waals surface area contributed by atoms with E-state index in [2.05, 4.69) is 17.4 Å². The first-order valence-electron chi connectivity index (χ1n) is 13.8. The maximum Gasteiger partial charge on any atom is 0.258 e. The third-order valence-corrected chi connectivity index (χ3v) is 8.24. The van der Waals surface area contributed by atoms with Gasteiger partial charge in [0.05, 0.1) is 19.3 Å². The predicted octanol–water partition coefficient (Wildman–Crippen LogP) is 5.67. The Labute approximate surface area is 224 Å². The molecular weight excluding hydrogens is 480 g/mol. The number of hydrogen-bond donors (Lipinski definition) is 1. The van der Waals surface area contributed by atoms with Gasteiger partial charge in [0, 0.05) is 31.4 Å². The molecule has 1 N–H and O–H groups in total. The van der Waals surface area contributed by atoms with Gasteiger partial charge in [0.2, 0.25) is 5.91 Å². The molecule has 1 spiro atoms. The number of amides is 2. The molecule has 0 atom stereocenters. The highest BCUT2D eigenvalue weighted by atomic mass is 16.5. The second-order valence-corrected chi connectivity index (χ2v) is 10.7. The van der Waals surface area contributed by atoms with Gasteiger partial charge in [-0.1, -0.05) is 24.6 Å². The molecule has 2 aromatic carbocycles.